The van der Waals surface area contributed by atoms with Gasteiger partial charge in [-0.2, -0.15) is 0 Å². The van der Waals surface area contributed by atoms with Gasteiger partial charge in [0.25, 0.3) is 0 Å². The summed E-state index contributed by atoms with van der Waals surface area (Å²) in [5, 5.41) is 9.92. The van der Waals surface area contributed by atoms with Crippen LogP contribution in [-0.2, 0) is 14.3 Å². The molecule has 1 fully saturated rings. The van der Waals surface area contributed by atoms with Gasteiger partial charge in [0, 0.05) is 6.04 Å². The van der Waals surface area contributed by atoms with Crippen molar-refractivity contribution < 1.29 is 19.4 Å². The molecule has 2 rings (SSSR count). The van der Waals surface area contributed by atoms with Crippen molar-refractivity contribution in [2.75, 3.05) is 6.61 Å². The highest BCUT2D eigenvalue weighted by atomic mass is 35.5. The van der Waals surface area contributed by atoms with Gasteiger partial charge in [0.2, 0.25) is 5.91 Å². The van der Waals surface area contributed by atoms with E-state index in [0.717, 1.165) is 0 Å². The van der Waals surface area contributed by atoms with Crippen molar-refractivity contribution in [1.29, 1.82) is 0 Å². The lowest BCUT2D eigenvalue weighted by Crippen LogP contribution is -2.54. The van der Waals surface area contributed by atoms with Crippen molar-refractivity contribution in [3.8, 4) is 0 Å². The fraction of sp³-hybridized carbons (Fsp3) is 0.429. The predicted molar refractivity (Wildman–Crippen MR) is 78.6 cm³/mol. The topological polar surface area (TPSA) is 66.8 Å². The molecule has 1 aromatic carbocycles. The van der Waals surface area contributed by atoms with Gasteiger partial charge in [0.05, 0.1) is 16.1 Å². The molecule has 0 bridgehead atoms. The van der Waals surface area contributed by atoms with Crippen LogP contribution in [0, 0.1) is 0 Å². The number of hydrogen-bond donors (Lipinski definition) is 1. The van der Waals surface area contributed by atoms with Crippen LogP contribution in [0.3, 0.4) is 0 Å². The molecule has 2 atom stereocenters. The first-order chi connectivity index (χ1) is 9.84. The second kappa shape index (κ2) is 6.22. The van der Waals surface area contributed by atoms with Crippen LogP contribution in [-0.4, -0.2) is 40.6 Å². The molecule has 1 saturated heterocycles. The lowest BCUT2D eigenvalue weighted by atomic mass is 9.96. The molecule has 1 heterocycles. The third-order valence-corrected chi connectivity index (χ3v) is 4.19. The Labute approximate surface area is 132 Å². The Kier molecular flexibility index (Phi) is 4.76. The van der Waals surface area contributed by atoms with Gasteiger partial charge in [-0.3, -0.25) is 4.79 Å². The molecule has 0 saturated carbocycles. The number of carboxylic acid groups (broad SMARTS) is 1. The Bertz CT molecular complexity index is 576. The summed E-state index contributed by atoms with van der Waals surface area (Å²) in [5.74, 6) is -1.42. The van der Waals surface area contributed by atoms with Gasteiger partial charge in [-0.25, -0.2) is 4.79 Å². The Balaban J connectivity index is 2.57. The van der Waals surface area contributed by atoms with Crippen LogP contribution in [0.4, 0.5) is 0 Å². The van der Waals surface area contributed by atoms with Crippen LogP contribution in [0.5, 0.6) is 0 Å². The van der Waals surface area contributed by atoms with Crippen LogP contribution in [0.1, 0.15) is 25.5 Å². The van der Waals surface area contributed by atoms with Crippen LogP contribution in [0.15, 0.2) is 18.2 Å². The molecule has 1 aliphatic heterocycles. The molecule has 0 aliphatic carbocycles. The molecule has 1 amide bonds. The van der Waals surface area contributed by atoms with Gasteiger partial charge < -0.3 is 14.7 Å². The maximum Gasteiger partial charge on any atom is 0.335 e. The van der Waals surface area contributed by atoms with Crippen LogP contribution < -0.4 is 0 Å². The zero-order valence-corrected chi connectivity index (χ0v) is 13.1. The zero-order chi connectivity index (χ0) is 15.7. The summed E-state index contributed by atoms with van der Waals surface area (Å²) in [6, 6.07) is 3.93. The summed E-state index contributed by atoms with van der Waals surface area (Å²) >= 11 is 12.2. The molecule has 0 radical (unpaired) electrons. The number of carbonyl (C=O) groups excluding carboxylic acids is 1. The second-order valence-electron chi connectivity index (χ2n) is 5.05. The van der Waals surface area contributed by atoms with E-state index in [9.17, 15) is 14.7 Å². The molecule has 0 aromatic heterocycles. The fourth-order valence-electron chi connectivity index (χ4n) is 2.51. The van der Waals surface area contributed by atoms with Gasteiger partial charge in [-0.1, -0.05) is 35.3 Å². The van der Waals surface area contributed by atoms with Crippen molar-refractivity contribution in [2.24, 2.45) is 0 Å². The molecule has 0 spiro atoms. The molecular formula is C14H15Cl2NO4. The van der Waals surface area contributed by atoms with Crippen LogP contribution >= 0.6 is 23.2 Å². The molecule has 114 valence electrons. The summed E-state index contributed by atoms with van der Waals surface area (Å²) in [7, 11) is 0. The number of rotatable bonds is 3. The molecule has 1 N–H and O–H groups in total. The molecule has 1 aromatic rings. The molecule has 1 aliphatic rings. The SMILES string of the molecule is CC(C)N1C(=O)COC(C(=O)O)C1c1cccc(Cl)c1Cl. The molecule has 21 heavy (non-hydrogen) atoms. The predicted octanol–water partition coefficient (Wildman–Crippen LogP) is 2.75. The standard InChI is InChI=1S/C14H15Cl2NO4/c1-7(2)17-10(18)6-21-13(14(19)20)12(17)8-4-3-5-9(15)11(8)16/h3-5,7,12-13H,6H2,1-2H3,(H,19,20). The summed E-state index contributed by atoms with van der Waals surface area (Å²) in [4.78, 5) is 25.1. The third kappa shape index (κ3) is 3.00. The Morgan fingerprint density at radius 1 is 1.43 bits per heavy atom. The summed E-state index contributed by atoms with van der Waals surface area (Å²) in [6.07, 6.45) is -1.18. The van der Waals surface area contributed by atoms with E-state index in [1.54, 1.807) is 18.2 Å². The number of carboxylic acids is 1. The van der Waals surface area contributed by atoms with Crippen molar-refractivity contribution >= 4 is 35.1 Å². The first-order valence-corrected chi connectivity index (χ1v) is 7.19. The third-order valence-electron chi connectivity index (χ3n) is 3.36. The number of halogens is 2. The molecular weight excluding hydrogens is 317 g/mol. The first-order valence-electron chi connectivity index (χ1n) is 6.44. The number of nitrogens with zero attached hydrogens (tertiary/aromatic N) is 1. The normalized spacial score (nSPS) is 22.7. The van der Waals surface area contributed by atoms with E-state index in [2.05, 4.69) is 0 Å². The van der Waals surface area contributed by atoms with Crippen molar-refractivity contribution in [1.82, 2.24) is 4.90 Å². The number of benzene rings is 1. The van der Waals surface area contributed by atoms with Gasteiger partial charge >= 0.3 is 5.97 Å². The average molecular weight is 332 g/mol. The number of amides is 1. The molecule has 2 unspecified atom stereocenters. The average Bonchev–Trinajstić information content (AvgIpc) is 2.40. The highest BCUT2D eigenvalue weighted by Crippen LogP contribution is 2.38. The quantitative estimate of drug-likeness (QED) is 0.924. The summed E-state index contributed by atoms with van der Waals surface area (Å²) in [6.45, 7) is 3.37. The minimum Gasteiger partial charge on any atom is -0.479 e. The molecule has 5 nitrogen and oxygen atoms in total. The van der Waals surface area contributed by atoms with E-state index in [-0.39, 0.29) is 23.6 Å². The molecule has 7 heteroatoms. The van der Waals surface area contributed by atoms with Gasteiger partial charge in [0.1, 0.15) is 6.61 Å². The minimum atomic E-state index is -1.18. The zero-order valence-electron chi connectivity index (χ0n) is 11.5. The highest BCUT2D eigenvalue weighted by Gasteiger charge is 2.43. The van der Waals surface area contributed by atoms with E-state index in [4.69, 9.17) is 27.9 Å². The number of aliphatic carboxylic acids is 1. The van der Waals surface area contributed by atoms with E-state index < -0.39 is 18.1 Å². The van der Waals surface area contributed by atoms with E-state index in [0.29, 0.717) is 10.6 Å². The van der Waals surface area contributed by atoms with E-state index >= 15 is 0 Å². The van der Waals surface area contributed by atoms with Crippen molar-refractivity contribution in [2.45, 2.75) is 32.0 Å². The lowest BCUT2D eigenvalue weighted by Gasteiger charge is -2.42. The van der Waals surface area contributed by atoms with Crippen molar-refractivity contribution in [3.63, 3.8) is 0 Å². The fourth-order valence-corrected chi connectivity index (χ4v) is 2.92. The smallest absolute Gasteiger partial charge is 0.335 e. The Hall–Kier alpha value is -1.30. The van der Waals surface area contributed by atoms with Gasteiger partial charge in [-0.15, -0.1) is 0 Å². The van der Waals surface area contributed by atoms with Crippen molar-refractivity contribution in [3.05, 3.63) is 33.8 Å². The summed E-state index contributed by atoms with van der Waals surface area (Å²) < 4.78 is 5.20. The van der Waals surface area contributed by atoms with Gasteiger partial charge in [0.15, 0.2) is 6.10 Å². The largest absolute Gasteiger partial charge is 0.479 e. The first kappa shape index (κ1) is 16.1. The summed E-state index contributed by atoms with van der Waals surface area (Å²) in [5.41, 5.74) is 0.471. The van der Waals surface area contributed by atoms with E-state index in [1.165, 1.54) is 4.90 Å². The van der Waals surface area contributed by atoms with Crippen LogP contribution in [0.2, 0.25) is 10.0 Å². The number of ether oxygens (including phenoxy) is 1. The maximum atomic E-state index is 12.1. The monoisotopic (exact) mass is 331 g/mol. The number of carbonyl (C=O) groups is 2. The minimum absolute atomic E-state index is 0.191. The van der Waals surface area contributed by atoms with Crippen LogP contribution in [0.25, 0.3) is 0 Å². The number of hydrogen-bond acceptors (Lipinski definition) is 3. The lowest BCUT2D eigenvalue weighted by molar-refractivity contribution is -0.175. The van der Waals surface area contributed by atoms with E-state index in [1.807, 2.05) is 13.8 Å². The maximum absolute atomic E-state index is 12.1. The second-order valence-corrected chi connectivity index (χ2v) is 5.84. The highest BCUT2D eigenvalue weighted by molar-refractivity contribution is 6.42. The Morgan fingerprint density at radius 3 is 2.67 bits per heavy atom. The van der Waals surface area contributed by atoms with Gasteiger partial charge in [-0.05, 0) is 25.5 Å². The Morgan fingerprint density at radius 2 is 2.10 bits per heavy atom. The number of morpholine rings is 1.